The molecule has 1 aromatic carbocycles. The molecule has 1 aromatic rings. The molecular weight excluding hydrogens is 366 g/mol. The number of carbonyl (C=O) groups is 2. The second-order valence-corrected chi connectivity index (χ2v) is 7.59. The van der Waals surface area contributed by atoms with Gasteiger partial charge in [0.25, 0.3) is 0 Å². The van der Waals surface area contributed by atoms with Gasteiger partial charge in [0.15, 0.2) is 6.10 Å². The molecule has 0 bridgehead atoms. The quantitative estimate of drug-likeness (QED) is 0.386. The first-order valence-electron chi connectivity index (χ1n) is 11.2. The highest BCUT2D eigenvalue weighted by Gasteiger charge is 2.22. The Balaban J connectivity index is 2.75. The highest BCUT2D eigenvalue weighted by Crippen LogP contribution is 2.24. The van der Waals surface area contributed by atoms with Crippen LogP contribution >= 0.6 is 0 Å². The molecule has 1 N–H and O–H groups in total. The zero-order chi connectivity index (χ0) is 21.6. The topological polar surface area (TPSA) is 64.6 Å². The lowest BCUT2D eigenvalue weighted by Crippen LogP contribution is -2.27. The summed E-state index contributed by atoms with van der Waals surface area (Å²) in [5.41, 5.74) is 1.20. The molecule has 3 unspecified atom stereocenters. The number of hydrogen-bond acceptors (Lipinski definition) is 5. The fourth-order valence-corrected chi connectivity index (χ4v) is 3.40. The number of carbonyl (C=O) groups excluding carboxylic acids is 2. The Hall–Kier alpha value is -2.04. The molecule has 164 valence electrons. The van der Waals surface area contributed by atoms with Gasteiger partial charge in [0, 0.05) is 11.7 Å². The van der Waals surface area contributed by atoms with E-state index in [0.29, 0.717) is 11.6 Å². The molecule has 3 atom stereocenters. The zero-order valence-electron chi connectivity index (χ0n) is 18.8. The summed E-state index contributed by atoms with van der Waals surface area (Å²) in [5, 5.41) is 3.52. The number of unbranched alkanes of at least 4 members (excludes halogenated alkanes) is 1. The molecule has 0 radical (unpaired) electrons. The molecule has 29 heavy (non-hydrogen) atoms. The minimum atomic E-state index is -0.929. The van der Waals surface area contributed by atoms with Crippen molar-refractivity contribution in [1.82, 2.24) is 0 Å². The third-order valence-electron chi connectivity index (χ3n) is 5.37. The van der Waals surface area contributed by atoms with Crippen molar-refractivity contribution < 1.29 is 19.1 Å². The smallest absolute Gasteiger partial charge is 0.347 e. The first kappa shape index (κ1) is 25.0. The minimum absolute atomic E-state index is 0.258. The molecule has 0 aromatic heterocycles. The van der Waals surface area contributed by atoms with Crippen molar-refractivity contribution in [3.8, 4) is 0 Å². The summed E-state index contributed by atoms with van der Waals surface area (Å²) >= 11 is 0. The number of anilines is 1. The largest absolute Gasteiger partial charge is 0.463 e. The van der Waals surface area contributed by atoms with E-state index in [1.165, 1.54) is 39.0 Å². The van der Waals surface area contributed by atoms with Gasteiger partial charge >= 0.3 is 11.9 Å². The molecule has 5 heteroatoms. The molecule has 0 heterocycles. The average Bonchev–Trinajstić information content (AvgIpc) is 2.73. The summed E-state index contributed by atoms with van der Waals surface area (Å²) < 4.78 is 10.2. The van der Waals surface area contributed by atoms with E-state index in [0.717, 1.165) is 24.4 Å². The van der Waals surface area contributed by atoms with Gasteiger partial charge in [-0.3, -0.25) is 0 Å². The lowest BCUT2D eigenvalue weighted by atomic mass is 9.92. The number of nitrogens with one attached hydrogen (secondary N) is 1. The fraction of sp³-hybridized carbons (Fsp3) is 0.667. The Morgan fingerprint density at radius 3 is 2.34 bits per heavy atom. The molecule has 0 spiro atoms. The van der Waals surface area contributed by atoms with E-state index in [1.807, 2.05) is 12.1 Å². The summed E-state index contributed by atoms with van der Waals surface area (Å²) in [6, 6.07) is 7.61. The van der Waals surface area contributed by atoms with Gasteiger partial charge < -0.3 is 14.8 Å². The Bertz CT molecular complexity index is 617. The van der Waals surface area contributed by atoms with Gasteiger partial charge in [-0.25, -0.2) is 9.59 Å². The van der Waals surface area contributed by atoms with Gasteiger partial charge in [-0.05, 0) is 51.2 Å². The van der Waals surface area contributed by atoms with Crippen molar-refractivity contribution in [2.75, 3.05) is 11.9 Å². The molecule has 0 aliphatic rings. The second kappa shape index (κ2) is 14.0. The summed E-state index contributed by atoms with van der Waals surface area (Å²) in [7, 11) is 0. The molecule has 5 nitrogen and oxygen atoms in total. The fourth-order valence-electron chi connectivity index (χ4n) is 3.40. The monoisotopic (exact) mass is 405 g/mol. The van der Waals surface area contributed by atoms with E-state index in [2.05, 4.69) is 26.1 Å². The van der Waals surface area contributed by atoms with Gasteiger partial charge in [0.1, 0.15) is 0 Å². The highest BCUT2D eigenvalue weighted by atomic mass is 16.6. The minimum Gasteiger partial charge on any atom is -0.463 e. The van der Waals surface area contributed by atoms with Crippen LogP contribution in [-0.2, 0) is 14.3 Å². The summed E-state index contributed by atoms with van der Waals surface area (Å²) in [6.07, 6.45) is 7.34. The molecule has 0 fully saturated rings. The van der Waals surface area contributed by atoms with Crippen molar-refractivity contribution in [3.63, 3.8) is 0 Å². The predicted molar refractivity (Wildman–Crippen MR) is 118 cm³/mol. The SMILES string of the molecule is CCCCC(CC)CCC(CC)Nc1ccccc1C(=O)OC(C)C(=O)OCC. The van der Waals surface area contributed by atoms with Crippen LogP contribution in [0.3, 0.4) is 0 Å². The van der Waals surface area contributed by atoms with E-state index in [-0.39, 0.29) is 6.61 Å². The second-order valence-electron chi connectivity index (χ2n) is 7.59. The number of hydrogen-bond donors (Lipinski definition) is 1. The number of ether oxygens (including phenoxy) is 2. The van der Waals surface area contributed by atoms with Crippen LogP contribution in [-0.4, -0.2) is 30.7 Å². The van der Waals surface area contributed by atoms with Crippen LogP contribution in [0.1, 0.15) is 89.9 Å². The third-order valence-corrected chi connectivity index (χ3v) is 5.37. The van der Waals surface area contributed by atoms with Gasteiger partial charge in [0.2, 0.25) is 0 Å². The number of para-hydroxylation sites is 1. The molecule has 1 rings (SSSR count). The Kier molecular flexibility index (Phi) is 12.1. The van der Waals surface area contributed by atoms with Gasteiger partial charge in [-0.2, -0.15) is 0 Å². The van der Waals surface area contributed by atoms with E-state index in [1.54, 1.807) is 19.1 Å². The first-order chi connectivity index (χ1) is 14.0. The number of rotatable bonds is 14. The zero-order valence-corrected chi connectivity index (χ0v) is 18.8. The first-order valence-corrected chi connectivity index (χ1v) is 11.2. The van der Waals surface area contributed by atoms with Gasteiger partial charge in [-0.15, -0.1) is 0 Å². The molecular formula is C24H39NO4. The van der Waals surface area contributed by atoms with Crippen LogP contribution in [0.2, 0.25) is 0 Å². The third kappa shape index (κ3) is 8.88. The van der Waals surface area contributed by atoms with Crippen LogP contribution in [0.4, 0.5) is 5.69 Å². The van der Waals surface area contributed by atoms with Crippen molar-refractivity contribution in [2.24, 2.45) is 5.92 Å². The standard InChI is InChI=1S/C24H39NO4/c1-6-10-13-19(7-2)16-17-20(8-3)25-22-15-12-11-14-21(22)24(27)29-18(5)23(26)28-9-4/h11-12,14-15,18-20,25H,6-10,13,16-17H2,1-5H3. The molecule has 0 saturated carbocycles. The van der Waals surface area contributed by atoms with Crippen LogP contribution in [0.15, 0.2) is 24.3 Å². The Morgan fingerprint density at radius 2 is 1.72 bits per heavy atom. The molecule has 0 amide bonds. The average molecular weight is 406 g/mol. The van der Waals surface area contributed by atoms with Crippen molar-refractivity contribution >= 4 is 17.6 Å². The van der Waals surface area contributed by atoms with Crippen LogP contribution in [0, 0.1) is 5.92 Å². The summed E-state index contributed by atoms with van der Waals surface area (Å²) in [6.45, 7) is 10.2. The predicted octanol–water partition coefficient (Wildman–Crippen LogP) is 5.98. The lowest BCUT2D eigenvalue weighted by molar-refractivity contribution is -0.152. The van der Waals surface area contributed by atoms with E-state index >= 15 is 0 Å². The van der Waals surface area contributed by atoms with Crippen molar-refractivity contribution in [2.45, 2.75) is 91.7 Å². The van der Waals surface area contributed by atoms with Crippen molar-refractivity contribution in [1.29, 1.82) is 0 Å². The van der Waals surface area contributed by atoms with Crippen LogP contribution < -0.4 is 5.32 Å². The maximum atomic E-state index is 12.6. The van der Waals surface area contributed by atoms with Crippen LogP contribution in [0.25, 0.3) is 0 Å². The normalized spacial score (nSPS) is 14.0. The maximum Gasteiger partial charge on any atom is 0.347 e. The van der Waals surface area contributed by atoms with E-state index in [4.69, 9.17) is 9.47 Å². The molecule has 0 aliphatic carbocycles. The lowest BCUT2D eigenvalue weighted by Gasteiger charge is -2.23. The van der Waals surface area contributed by atoms with Gasteiger partial charge in [0.05, 0.1) is 12.2 Å². The summed E-state index contributed by atoms with van der Waals surface area (Å²) in [5.74, 6) is -0.287. The van der Waals surface area contributed by atoms with E-state index in [9.17, 15) is 9.59 Å². The van der Waals surface area contributed by atoms with Gasteiger partial charge in [-0.1, -0.05) is 58.6 Å². The summed E-state index contributed by atoms with van der Waals surface area (Å²) in [4.78, 5) is 24.4. The number of benzene rings is 1. The number of esters is 2. The van der Waals surface area contributed by atoms with Crippen molar-refractivity contribution in [3.05, 3.63) is 29.8 Å². The maximum absolute atomic E-state index is 12.6. The van der Waals surface area contributed by atoms with E-state index < -0.39 is 18.0 Å². The highest BCUT2D eigenvalue weighted by molar-refractivity contribution is 5.96. The Morgan fingerprint density at radius 1 is 1.00 bits per heavy atom. The Labute approximate surface area is 176 Å². The van der Waals surface area contributed by atoms with Crippen LogP contribution in [0.5, 0.6) is 0 Å². The molecule has 0 saturated heterocycles. The molecule has 0 aliphatic heterocycles.